The molecule has 0 bridgehead atoms. The Kier molecular flexibility index (Phi) is 2.43. The topological polar surface area (TPSA) is 60.0 Å². The molecule has 0 spiro atoms. The minimum atomic E-state index is -0.427. The third-order valence-electron chi connectivity index (χ3n) is 3.22. The average molecular weight is 247 g/mol. The predicted molar refractivity (Wildman–Crippen MR) is 66.6 cm³/mol. The first kappa shape index (κ1) is 11.0. The fourth-order valence-electron chi connectivity index (χ4n) is 2.24. The molecule has 18 heavy (non-hydrogen) atoms. The third kappa shape index (κ3) is 1.79. The van der Waals surface area contributed by atoms with Crippen LogP contribution in [0.1, 0.15) is 11.3 Å². The molecule has 2 aromatic heterocycles. The highest BCUT2D eigenvalue weighted by Gasteiger charge is 2.20. The Morgan fingerprint density at radius 2 is 2.28 bits per heavy atom. The van der Waals surface area contributed by atoms with Crippen molar-refractivity contribution in [3.63, 3.8) is 0 Å². The van der Waals surface area contributed by atoms with Crippen molar-refractivity contribution >= 4 is 11.5 Å². The number of hydrogen-bond donors (Lipinski definition) is 1. The van der Waals surface area contributed by atoms with E-state index in [9.17, 15) is 4.39 Å². The van der Waals surface area contributed by atoms with Crippen molar-refractivity contribution in [2.75, 3.05) is 17.2 Å². The minimum absolute atomic E-state index is 0.0261. The molecule has 0 radical (unpaired) electrons. The standard InChI is InChI=1S/C12H14FN5/c1-17-6-9(5-15-17)18-3-2-8-4-10(13)12(14)16-11(8)7-18/h4-6H,2-3,7H2,1H3,(H2,14,16). The van der Waals surface area contributed by atoms with Crippen molar-refractivity contribution in [1.82, 2.24) is 14.8 Å². The lowest BCUT2D eigenvalue weighted by Crippen LogP contribution is -2.31. The maximum atomic E-state index is 13.3. The maximum Gasteiger partial charge on any atom is 0.165 e. The van der Waals surface area contributed by atoms with E-state index in [-0.39, 0.29) is 5.82 Å². The molecule has 0 aliphatic carbocycles. The zero-order valence-electron chi connectivity index (χ0n) is 10.1. The Bertz CT molecular complexity index is 592. The molecule has 5 nitrogen and oxygen atoms in total. The van der Waals surface area contributed by atoms with E-state index >= 15 is 0 Å². The van der Waals surface area contributed by atoms with Gasteiger partial charge in [0.05, 0.1) is 24.1 Å². The molecule has 0 saturated heterocycles. The molecule has 3 heterocycles. The van der Waals surface area contributed by atoms with Gasteiger partial charge in [-0.3, -0.25) is 4.68 Å². The fraction of sp³-hybridized carbons (Fsp3) is 0.333. The second kappa shape index (κ2) is 3.97. The van der Waals surface area contributed by atoms with Gasteiger partial charge < -0.3 is 10.6 Å². The van der Waals surface area contributed by atoms with E-state index in [4.69, 9.17) is 5.73 Å². The number of aromatic nitrogens is 3. The smallest absolute Gasteiger partial charge is 0.165 e. The fourth-order valence-corrected chi connectivity index (χ4v) is 2.24. The van der Waals surface area contributed by atoms with Crippen LogP contribution in [-0.4, -0.2) is 21.3 Å². The maximum absolute atomic E-state index is 13.3. The molecule has 94 valence electrons. The molecule has 0 unspecified atom stereocenters. The van der Waals surface area contributed by atoms with Gasteiger partial charge in [-0.2, -0.15) is 5.10 Å². The number of nitrogens with two attached hydrogens (primary N) is 1. The van der Waals surface area contributed by atoms with Crippen LogP contribution in [0.4, 0.5) is 15.9 Å². The summed E-state index contributed by atoms with van der Waals surface area (Å²) in [5.41, 5.74) is 8.36. The van der Waals surface area contributed by atoms with E-state index in [0.717, 1.165) is 29.9 Å². The first-order valence-electron chi connectivity index (χ1n) is 5.81. The van der Waals surface area contributed by atoms with E-state index in [1.54, 1.807) is 4.68 Å². The average Bonchev–Trinajstić information content (AvgIpc) is 2.77. The van der Waals surface area contributed by atoms with Crippen molar-refractivity contribution in [1.29, 1.82) is 0 Å². The van der Waals surface area contributed by atoms with Crippen molar-refractivity contribution in [3.8, 4) is 0 Å². The summed E-state index contributed by atoms with van der Waals surface area (Å²) in [5.74, 6) is -0.453. The Balaban J connectivity index is 1.91. The normalized spacial score (nSPS) is 14.7. The van der Waals surface area contributed by atoms with Crippen LogP contribution >= 0.6 is 0 Å². The molecule has 0 aromatic carbocycles. The van der Waals surface area contributed by atoms with Gasteiger partial charge in [0.15, 0.2) is 11.6 Å². The molecule has 2 N–H and O–H groups in total. The second-order valence-corrected chi connectivity index (χ2v) is 4.51. The number of halogens is 1. The number of hydrogen-bond acceptors (Lipinski definition) is 4. The zero-order valence-corrected chi connectivity index (χ0v) is 10.1. The van der Waals surface area contributed by atoms with Crippen LogP contribution in [0.2, 0.25) is 0 Å². The van der Waals surface area contributed by atoms with Crippen LogP contribution < -0.4 is 10.6 Å². The molecular weight excluding hydrogens is 233 g/mol. The molecule has 1 aliphatic heterocycles. The number of rotatable bonds is 1. The Morgan fingerprint density at radius 3 is 3.00 bits per heavy atom. The highest BCUT2D eigenvalue weighted by atomic mass is 19.1. The number of anilines is 2. The van der Waals surface area contributed by atoms with Crippen LogP contribution in [0.15, 0.2) is 18.5 Å². The predicted octanol–water partition coefficient (Wildman–Crippen LogP) is 1.10. The molecule has 6 heteroatoms. The van der Waals surface area contributed by atoms with Crippen LogP contribution in [0.3, 0.4) is 0 Å². The number of nitrogen functional groups attached to an aromatic ring is 1. The first-order valence-corrected chi connectivity index (χ1v) is 5.81. The lowest BCUT2D eigenvalue weighted by molar-refractivity contribution is 0.613. The van der Waals surface area contributed by atoms with Gasteiger partial charge in [0.2, 0.25) is 0 Å². The number of pyridine rings is 1. The molecule has 0 fully saturated rings. The summed E-state index contributed by atoms with van der Waals surface area (Å²) < 4.78 is 15.1. The molecule has 1 aliphatic rings. The lowest BCUT2D eigenvalue weighted by Gasteiger charge is -2.28. The summed E-state index contributed by atoms with van der Waals surface area (Å²) in [6, 6.07) is 1.50. The number of fused-ring (bicyclic) bond motifs is 1. The lowest BCUT2D eigenvalue weighted by atomic mass is 10.0. The van der Waals surface area contributed by atoms with Crippen LogP contribution in [-0.2, 0) is 20.0 Å². The Hall–Kier alpha value is -2.11. The van der Waals surface area contributed by atoms with Gasteiger partial charge >= 0.3 is 0 Å². The Morgan fingerprint density at radius 1 is 1.44 bits per heavy atom. The van der Waals surface area contributed by atoms with Crippen molar-refractivity contribution in [2.24, 2.45) is 7.05 Å². The summed E-state index contributed by atoms with van der Waals surface area (Å²) in [5, 5.41) is 4.15. The Labute approximate surface area is 104 Å². The SMILES string of the molecule is Cn1cc(N2CCc3cc(F)c(N)nc3C2)cn1. The molecule has 0 atom stereocenters. The highest BCUT2D eigenvalue weighted by molar-refractivity contribution is 5.47. The zero-order chi connectivity index (χ0) is 12.7. The first-order chi connectivity index (χ1) is 8.63. The highest BCUT2D eigenvalue weighted by Crippen LogP contribution is 2.24. The van der Waals surface area contributed by atoms with Gasteiger partial charge in [0.1, 0.15) is 0 Å². The van der Waals surface area contributed by atoms with Gasteiger partial charge in [-0.1, -0.05) is 0 Å². The molecule has 0 saturated carbocycles. The second-order valence-electron chi connectivity index (χ2n) is 4.51. The summed E-state index contributed by atoms with van der Waals surface area (Å²) in [6.45, 7) is 1.48. The third-order valence-corrected chi connectivity index (χ3v) is 3.22. The van der Waals surface area contributed by atoms with Crippen LogP contribution in [0, 0.1) is 5.82 Å². The molecule has 2 aromatic rings. The summed E-state index contributed by atoms with van der Waals surface area (Å²) in [7, 11) is 1.88. The largest absolute Gasteiger partial charge is 0.381 e. The van der Waals surface area contributed by atoms with Crippen molar-refractivity contribution in [2.45, 2.75) is 13.0 Å². The van der Waals surface area contributed by atoms with Crippen molar-refractivity contribution < 1.29 is 4.39 Å². The monoisotopic (exact) mass is 247 g/mol. The van der Waals surface area contributed by atoms with Crippen LogP contribution in [0.5, 0.6) is 0 Å². The summed E-state index contributed by atoms with van der Waals surface area (Å²) in [4.78, 5) is 6.30. The minimum Gasteiger partial charge on any atom is -0.381 e. The molecule has 3 rings (SSSR count). The van der Waals surface area contributed by atoms with E-state index in [1.807, 2.05) is 19.4 Å². The molecule has 0 amide bonds. The van der Waals surface area contributed by atoms with Gasteiger partial charge in [-0.05, 0) is 18.1 Å². The quantitative estimate of drug-likeness (QED) is 0.819. The van der Waals surface area contributed by atoms with Gasteiger partial charge in [-0.25, -0.2) is 9.37 Å². The summed E-state index contributed by atoms with van der Waals surface area (Å²) in [6.07, 6.45) is 4.55. The van der Waals surface area contributed by atoms with Crippen LogP contribution in [0.25, 0.3) is 0 Å². The van der Waals surface area contributed by atoms with E-state index in [2.05, 4.69) is 15.0 Å². The van der Waals surface area contributed by atoms with Crippen molar-refractivity contribution in [3.05, 3.63) is 35.5 Å². The molecular formula is C12H14FN5. The number of aryl methyl sites for hydroxylation is 1. The van der Waals surface area contributed by atoms with Gasteiger partial charge in [0.25, 0.3) is 0 Å². The summed E-state index contributed by atoms with van der Waals surface area (Å²) >= 11 is 0. The van der Waals surface area contributed by atoms with Gasteiger partial charge in [0, 0.05) is 19.8 Å². The van der Waals surface area contributed by atoms with E-state index < -0.39 is 5.82 Å². The van der Waals surface area contributed by atoms with E-state index in [0.29, 0.717) is 6.54 Å². The van der Waals surface area contributed by atoms with E-state index in [1.165, 1.54) is 6.07 Å². The van der Waals surface area contributed by atoms with Gasteiger partial charge in [-0.15, -0.1) is 0 Å². The number of nitrogens with zero attached hydrogens (tertiary/aromatic N) is 4.